The first-order valence-electron chi connectivity index (χ1n) is 5.82. The summed E-state index contributed by atoms with van der Waals surface area (Å²) < 4.78 is 1.85. The molecule has 0 atom stereocenters. The highest BCUT2D eigenvalue weighted by Crippen LogP contribution is 2.23. The van der Waals surface area contributed by atoms with Gasteiger partial charge in [-0.1, -0.05) is 30.1 Å². The molecular weight excluding hydrogens is 269 g/mol. The fourth-order valence-corrected chi connectivity index (χ4v) is 2.31. The Morgan fingerprint density at radius 3 is 2.50 bits per heavy atom. The number of aromatic nitrogens is 2. The Morgan fingerprint density at radius 1 is 1.22 bits per heavy atom. The van der Waals surface area contributed by atoms with Gasteiger partial charge in [0.2, 0.25) is 0 Å². The maximum atomic E-state index is 6.00. The highest BCUT2D eigenvalue weighted by Gasteiger charge is 2.08. The van der Waals surface area contributed by atoms with Crippen LogP contribution >= 0.6 is 23.2 Å². The number of hydrogen-bond acceptors (Lipinski definition) is 2. The lowest BCUT2D eigenvalue weighted by Crippen LogP contribution is -2.12. The molecular formula is C13H15Cl2N3. The first-order chi connectivity index (χ1) is 8.61. The molecule has 0 spiro atoms. The average molecular weight is 284 g/mol. The Labute approximate surface area is 117 Å². The van der Waals surface area contributed by atoms with Crippen molar-refractivity contribution >= 4 is 23.2 Å². The molecule has 1 aromatic heterocycles. The van der Waals surface area contributed by atoms with Gasteiger partial charge in [0.05, 0.1) is 11.9 Å². The summed E-state index contributed by atoms with van der Waals surface area (Å²) in [6.07, 6.45) is 1.87. The molecule has 2 aromatic rings. The van der Waals surface area contributed by atoms with Crippen LogP contribution in [0.5, 0.6) is 0 Å². The summed E-state index contributed by atoms with van der Waals surface area (Å²) in [5, 5.41) is 8.89. The third-order valence-electron chi connectivity index (χ3n) is 2.77. The van der Waals surface area contributed by atoms with E-state index in [1.165, 1.54) is 5.56 Å². The second-order valence-electron chi connectivity index (χ2n) is 4.07. The minimum atomic E-state index is 0.612. The van der Waals surface area contributed by atoms with Gasteiger partial charge in [-0.2, -0.15) is 5.10 Å². The zero-order valence-corrected chi connectivity index (χ0v) is 11.9. The zero-order valence-electron chi connectivity index (χ0n) is 10.4. The summed E-state index contributed by atoms with van der Waals surface area (Å²) >= 11 is 12.0. The van der Waals surface area contributed by atoms with Crippen molar-refractivity contribution in [3.8, 4) is 5.69 Å². The van der Waals surface area contributed by atoms with E-state index in [2.05, 4.69) is 17.3 Å². The lowest BCUT2D eigenvalue weighted by Gasteiger charge is -2.07. The standard InChI is InChI=1S/C13H15Cl2N3/c1-3-16-7-10-8-17-18(9(10)2)13-5-11(14)4-12(15)6-13/h4-6,8,16H,3,7H2,1-2H3. The van der Waals surface area contributed by atoms with Gasteiger partial charge in [-0.05, 0) is 31.7 Å². The second kappa shape index (κ2) is 5.74. The van der Waals surface area contributed by atoms with Gasteiger partial charge < -0.3 is 5.32 Å². The third-order valence-corrected chi connectivity index (χ3v) is 3.21. The number of rotatable bonds is 4. The molecule has 5 heteroatoms. The molecule has 0 aliphatic carbocycles. The van der Waals surface area contributed by atoms with Crippen molar-refractivity contribution in [1.29, 1.82) is 0 Å². The van der Waals surface area contributed by atoms with Crippen LogP contribution < -0.4 is 5.32 Å². The third kappa shape index (κ3) is 2.86. The predicted octanol–water partition coefficient (Wildman–Crippen LogP) is 3.60. The molecule has 0 amide bonds. The summed E-state index contributed by atoms with van der Waals surface area (Å²) in [5.41, 5.74) is 3.15. The molecule has 0 saturated carbocycles. The number of halogens is 2. The van der Waals surface area contributed by atoms with Crippen molar-refractivity contribution in [3.63, 3.8) is 0 Å². The van der Waals surface area contributed by atoms with Gasteiger partial charge in [0, 0.05) is 27.8 Å². The van der Waals surface area contributed by atoms with E-state index in [9.17, 15) is 0 Å². The van der Waals surface area contributed by atoms with Gasteiger partial charge in [-0.3, -0.25) is 0 Å². The van der Waals surface area contributed by atoms with Crippen molar-refractivity contribution < 1.29 is 0 Å². The maximum Gasteiger partial charge on any atom is 0.0678 e. The lowest BCUT2D eigenvalue weighted by atomic mass is 10.2. The van der Waals surface area contributed by atoms with Crippen LogP contribution in [0.4, 0.5) is 0 Å². The van der Waals surface area contributed by atoms with E-state index in [-0.39, 0.29) is 0 Å². The number of benzene rings is 1. The molecule has 96 valence electrons. The SMILES string of the molecule is CCNCc1cnn(-c2cc(Cl)cc(Cl)c2)c1C. The van der Waals surface area contributed by atoms with Crippen molar-refractivity contribution in [2.75, 3.05) is 6.54 Å². The molecule has 0 aliphatic heterocycles. The Hall–Kier alpha value is -1.03. The Morgan fingerprint density at radius 2 is 1.89 bits per heavy atom. The molecule has 0 radical (unpaired) electrons. The van der Waals surface area contributed by atoms with E-state index < -0.39 is 0 Å². The number of nitrogens with zero attached hydrogens (tertiary/aromatic N) is 2. The van der Waals surface area contributed by atoms with Crippen LogP contribution in [0.15, 0.2) is 24.4 Å². The van der Waals surface area contributed by atoms with Crippen molar-refractivity contribution in [1.82, 2.24) is 15.1 Å². The van der Waals surface area contributed by atoms with Gasteiger partial charge in [-0.25, -0.2) is 4.68 Å². The lowest BCUT2D eigenvalue weighted by molar-refractivity contribution is 0.721. The molecule has 1 N–H and O–H groups in total. The van der Waals surface area contributed by atoms with Crippen LogP contribution in [-0.2, 0) is 6.54 Å². The molecule has 2 rings (SSSR count). The fourth-order valence-electron chi connectivity index (χ4n) is 1.80. The summed E-state index contributed by atoms with van der Waals surface area (Å²) in [6, 6.07) is 5.42. The summed E-state index contributed by atoms with van der Waals surface area (Å²) in [7, 11) is 0. The second-order valence-corrected chi connectivity index (χ2v) is 4.95. The minimum Gasteiger partial charge on any atom is -0.313 e. The van der Waals surface area contributed by atoms with Gasteiger partial charge in [0.15, 0.2) is 0 Å². The molecule has 0 bridgehead atoms. The topological polar surface area (TPSA) is 29.9 Å². The molecule has 1 aromatic carbocycles. The van der Waals surface area contributed by atoms with Crippen LogP contribution in [0.3, 0.4) is 0 Å². The van der Waals surface area contributed by atoms with E-state index in [0.717, 1.165) is 24.5 Å². The van der Waals surface area contributed by atoms with Crippen LogP contribution in [-0.4, -0.2) is 16.3 Å². The van der Waals surface area contributed by atoms with Gasteiger partial charge in [0.25, 0.3) is 0 Å². The van der Waals surface area contributed by atoms with Crippen LogP contribution in [0.1, 0.15) is 18.2 Å². The largest absolute Gasteiger partial charge is 0.313 e. The smallest absolute Gasteiger partial charge is 0.0678 e. The summed E-state index contributed by atoms with van der Waals surface area (Å²) in [6.45, 7) is 5.87. The highest BCUT2D eigenvalue weighted by molar-refractivity contribution is 6.34. The molecule has 1 heterocycles. The van der Waals surface area contributed by atoms with Crippen molar-refractivity contribution in [2.24, 2.45) is 0 Å². The summed E-state index contributed by atoms with van der Waals surface area (Å²) in [5.74, 6) is 0. The number of hydrogen-bond donors (Lipinski definition) is 1. The van der Waals surface area contributed by atoms with Crippen LogP contribution in [0.25, 0.3) is 5.69 Å². The first-order valence-corrected chi connectivity index (χ1v) is 6.58. The van der Waals surface area contributed by atoms with Gasteiger partial charge in [0.1, 0.15) is 0 Å². The fraction of sp³-hybridized carbons (Fsp3) is 0.308. The zero-order chi connectivity index (χ0) is 13.1. The molecule has 0 fully saturated rings. The maximum absolute atomic E-state index is 6.00. The molecule has 0 unspecified atom stereocenters. The Balaban J connectivity index is 2.36. The molecule has 0 aliphatic rings. The van der Waals surface area contributed by atoms with E-state index in [1.54, 1.807) is 6.07 Å². The number of nitrogens with one attached hydrogen (secondary N) is 1. The first kappa shape index (κ1) is 13.4. The van der Waals surface area contributed by atoms with Crippen molar-refractivity contribution in [3.05, 3.63) is 45.7 Å². The molecule has 3 nitrogen and oxygen atoms in total. The van der Waals surface area contributed by atoms with E-state index >= 15 is 0 Å². The quantitative estimate of drug-likeness (QED) is 0.929. The minimum absolute atomic E-state index is 0.612. The van der Waals surface area contributed by atoms with Gasteiger partial charge >= 0.3 is 0 Å². The average Bonchev–Trinajstić information content (AvgIpc) is 2.67. The Kier molecular flexibility index (Phi) is 4.27. The predicted molar refractivity (Wildman–Crippen MR) is 75.7 cm³/mol. The normalized spacial score (nSPS) is 10.9. The Bertz CT molecular complexity index is 529. The van der Waals surface area contributed by atoms with Crippen LogP contribution in [0, 0.1) is 6.92 Å². The van der Waals surface area contributed by atoms with E-state index in [1.807, 2.05) is 29.9 Å². The van der Waals surface area contributed by atoms with E-state index in [0.29, 0.717) is 10.0 Å². The highest BCUT2D eigenvalue weighted by atomic mass is 35.5. The van der Waals surface area contributed by atoms with Gasteiger partial charge in [-0.15, -0.1) is 0 Å². The van der Waals surface area contributed by atoms with Crippen molar-refractivity contribution in [2.45, 2.75) is 20.4 Å². The van der Waals surface area contributed by atoms with E-state index in [4.69, 9.17) is 23.2 Å². The monoisotopic (exact) mass is 283 g/mol. The molecule has 0 saturated heterocycles. The molecule has 18 heavy (non-hydrogen) atoms. The summed E-state index contributed by atoms with van der Waals surface area (Å²) in [4.78, 5) is 0. The van der Waals surface area contributed by atoms with Crippen LogP contribution in [0.2, 0.25) is 10.0 Å².